The van der Waals surface area contributed by atoms with Crippen LogP contribution in [0.2, 0.25) is 0 Å². The Balaban J connectivity index is 1.61. The van der Waals surface area contributed by atoms with Crippen molar-refractivity contribution in [2.24, 2.45) is 0 Å². The second-order valence-corrected chi connectivity index (χ2v) is 5.36. The zero-order valence-corrected chi connectivity index (χ0v) is 12.7. The molecule has 4 aromatic rings. The van der Waals surface area contributed by atoms with Gasteiger partial charge in [0.05, 0.1) is 5.52 Å². The lowest BCUT2D eigenvalue weighted by Gasteiger charge is -2.02. The fourth-order valence-corrected chi connectivity index (χ4v) is 2.53. The van der Waals surface area contributed by atoms with E-state index in [0.717, 1.165) is 11.3 Å². The Kier molecular flexibility index (Phi) is 3.67. The molecule has 0 aliphatic rings. The first-order valence-electron chi connectivity index (χ1n) is 7.57. The number of imidazole rings is 1. The van der Waals surface area contributed by atoms with Gasteiger partial charge in [0.25, 0.3) is 0 Å². The van der Waals surface area contributed by atoms with Crippen LogP contribution in [0.3, 0.4) is 0 Å². The molecule has 0 saturated heterocycles. The molecule has 0 aliphatic carbocycles. The molecule has 4 nitrogen and oxygen atoms in total. The summed E-state index contributed by atoms with van der Waals surface area (Å²) in [6, 6.07) is 18.0. The average Bonchev–Trinajstić information content (AvgIpc) is 3.03. The maximum Gasteiger partial charge on any atom is 0.177 e. The Morgan fingerprint density at radius 2 is 1.79 bits per heavy atom. The lowest BCUT2D eigenvalue weighted by atomic mass is 10.1. The predicted molar refractivity (Wildman–Crippen MR) is 90.1 cm³/mol. The van der Waals surface area contributed by atoms with Gasteiger partial charge in [-0.05, 0) is 24.3 Å². The van der Waals surface area contributed by atoms with Crippen molar-refractivity contribution in [1.82, 2.24) is 15.0 Å². The van der Waals surface area contributed by atoms with Crippen LogP contribution in [0.1, 0.15) is 5.82 Å². The van der Waals surface area contributed by atoms with Gasteiger partial charge in [-0.25, -0.2) is 14.4 Å². The lowest BCUT2D eigenvalue weighted by Crippen LogP contribution is -1.96. The number of hydrogen-bond donors (Lipinski definition) is 1. The molecule has 0 fully saturated rings. The molecule has 0 bridgehead atoms. The van der Waals surface area contributed by atoms with Gasteiger partial charge in [0.2, 0.25) is 0 Å². The molecule has 118 valence electrons. The van der Waals surface area contributed by atoms with E-state index in [1.807, 2.05) is 36.4 Å². The third kappa shape index (κ3) is 2.84. The van der Waals surface area contributed by atoms with E-state index in [9.17, 15) is 4.39 Å². The number of pyridine rings is 1. The summed E-state index contributed by atoms with van der Waals surface area (Å²) in [7, 11) is 0. The summed E-state index contributed by atoms with van der Waals surface area (Å²) in [5.74, 6) is 1.18. The Bertz CT molecular complexity index is 982. The van der Waals surface area contributed by atoms with E-state index < -0.39 is 0 Å². The first-order chi connectivity index (χ1) is 11.8. The summed E-state index contributed by atoms with van der Waals surface area (Å²) in [6.45, 7) is 0.315. The van der Waals surface area contributed by atoms with Gasteiger partial charge in [0.15, 0.2) is 5.65 Å². The average molecular weight is 319 g/mol. The Labute approximate surface area is 138 Å². The van der Waals surface area contributed by atoms with Crippen molar-refractivity contribution < 1.29 is 9.13 Å². The van der Waals surface area contributed by atoms with Crippen molar-refractivity contribution in [3.8, 4) is 16.9 Å². The number of nitrogens with one attached hydrogen (secondary N) is 1. The normalized spacial score (nSPS) is 10.9. The van der Waals surface area contributed by atoms with E-state index in [1.54, 1.807) is 24.4 Å². The maximum atomic E-state index is 13.9. The molecule has 24 heavy (non-hydrogen) atoms. The molecular weight excluding hydrogens is 305 g/mol. The van der Waals surface area contributed by atoms with Crippen LogP contribution in [0.4, 0.5) is 4.39 Å². The van der Waals surface area contributed by atoms with Crippen molar-refractivity contribution in [3.05, 3.63) is 78.5 Å². The van der Waals surface area contributed by atoms with E-state index in [-0.39, 0.29) is 5.82 Å². The second-order valence-electron chi connectivity index (χ2n) is 5.36. The zero-order valence-electron chi connectivity index (χ0n) is 12.7. The van der Waals surface area contributed by atoms with E-state index in [2.05, 4.69) is 15.0 Å². The molecule has 0 unspecified atom stereocenters. The standard InChI is InChI=1S/C19H14FN3O/c20-16-9-5-4-8-15(16)13-10-17-19(21-11-13)23-18(22-17)12-24-14-6-2-1-3-7-14/h1-11H,12H2,(H,21,22,23). The molecule has 2 aromatic heterocycles. The van der Waals surface area contributed by atoms with Gasteiger partial charge in [0.1, 0.15) is 24.0 Å². The fraction of sp³-hybridized carbons (Fsp3) is 0.0526. The van der Waals surface area contributed by atoms with Crippen LogP contribution in [-0.4, -0.2) is 15.0 Å². The molecule has 0 atom stereocenters. The number of ether oxygens (including phenoxy) is 1. The van der Waals surface area contributed by atoms with Gasteiger partial charge < -0.3 is 9.72 Å². The summed E-state index contributed by atoms with van der Waals surface area (Å²) in [6.07, 6.45) is 1.63. The summed E-state index contributed by atoms with van der Waals surface area (Å²) < 4.78 is 19.6. The summed E-state index contributed by atoms with van der Waals surface area (Å²) in [5.41, 5.74) is 2.56. The fourth-order valence-electron chi connectivity index (χ4n) is 2.53. The van der Waals surface area contributed by atoms with Gasteiger partial charge >= 0.3 is 0 Å². The summed E-state index contributed by atoms with van der Waals surface area (Å²) in [4.78, 5) is 11.9. The van der Waals surface area contributed by atoms with Gasteiger partial charge in [0, 0.05) is 17.3 Å². The van der Waals surface area contributed by atoms with Gasteiger partial charge in [-0.1, -0.05) is 36.4 Å². The first kappa shape index (κ1) is 14.4. The number of aromatic amines is 1. The Morgan fingerprint density at radius 1 is 1.00 bits per heavy atom. The minimum absolute atomic E-state index is 0.272. The number of halogens is 1. The smallest absolute Gasteiger partial charge is 0.177 e. The third-order valence-electron chi connectivity index (χ3n) is 3.69. The van der Waals surface area contributed by atoms with E-state index in [4.69, 9.17) is 4.74 Å². The Morgan fingerprint density at radius 3 is 2.62 bits per heavy atom. The SMILES string of the molecule is Fc1ccccc1-c1cnc2nc(COc3ccccc3)[nH]c2c1. The molecule has 4 rings (SSSR count). The van der Waals surface area contributed by atoms with Gasteiger partial charge in [-0.15, -0.1) is 0 Å². The number of nitrogens with zero attached hydrogens (tertiary/aromatic N) is 2. The van der Waals surface area contributed by atoms with Crippen LogP contribution in [0.5, 0.6) is 5.75 Å². The van der Waals surface area contributed by atoms with Crippen molar-refractivity contribution in [3.63, 3.8) is 0 Å². The van der Waals surface area contributed by atoms with E-state index >= 15 is 0 Å². The highest BCUT2D eigenvalue weighted by atomic mass is 19.1. The maximum absolute atomic E-state index is 13.9. The van der Waals surface area contributed by atoms with Crippen molar-refractivity contribution in [2.45, 2.75) is 6.61 Å². The van der Waals surface area contributed by atoms with E-state index in [1.165, 1.54) is 6.07 Å². The van der Waals surface area contributed by atoms with Gasteiger partial charge in [-0.3, -0.25) is 0 Å². The minimum Gasteiger partial charge on any atom is -0.486 e. The van der Waals surface area contributed by atoms with E-state index in [0.29, 0.717) is 29.2 Å². The topological polar surface area (TPSA) is 50.8 Å². The number of rotatable bonds is 4. The molecular formula is C19H14FN3O. The number of hydrogen-bond acceptors (Lipinski definition) is 3. The first-order valence-corrected chi connectivity index (χ1v) is 7.57. The largest absolute Gasteiger partial charge is 0.486 e. The molecule has 0 saturated carbocycles. The quantitative estimate of drug-likeness (QED) is 0.608. The van der Waals surface area contributed by atoms with Crippen LogP contribution in [0.15, 0.2) is 66.9 Å². The van der Waals surface area contributed by atoms with Gasteiger partial charge in [-0.2, -0.15) is 0 Å². The molecule has 2 aromatic carbocycles. The molecule has 2 heterocycles. The number of aromatic nitrogens is 3. The minimum atomic E-state index is -0.272. The summed E-state index contributed by atoms with van der Waals surface area (Å²) >= 11 is 0. The molecule has 5 heteroatoms. The molecule has 1 N–H and O–H groups in total. The zero-order chi connectivity index (χ0) is 16.4. The van der Waals surface area contributed by atoms with Crippen molar-refractivity contribution >= 4 is 11.2 Å². The highest BCUT2D eigenvalue weighted by molar-refractivity contribution is 5.78. The van der Waals surface area contributed by atoms with Crippen LogP contribution in [-0.2, 0) is 6.61 Å². The summed E-state index contributed by atoms with van der Waals surface area (Å²) in [5, 5.41) is 0. The lowest BCUT2D eigenvalue weighted by molar-refractivity contribution is 0.297. The Hall–Kier alpha value is -3.21. The predicted octanol–water partition coefficient (Wildman–Crippen LogP) is 4.34. The molecule has 0 aliphatic heterocycles. The number of benzene rings is 2. The number of fused-ring (bicyclic) bond motifs is 1. The number of para-hydroxylation sites is 1. The van der Waals surface area contributed by atoms with Crippen LogP contribution in [0, 0.1) is 5.82 Å². The number of H-pyrrole nitrogens is 1. The van der Waals surface area contributed by atoms with Crippen LogP contribution >= 0.6 is 0 Å². The molecule has 0 amide bonds. The second kappa shape index (κ2) is 6.12. The van der Waals surface area contributed by atoms with Crippen molar-refractivity contribution in [1.29, 1.82) is 0 Å². The molecule has 0 spiro atoms. The third-order valence-corrected chi connectivity index (χ3v) is 3.69. The highest BCUT2D eigenvalue weighted by Crippen LogP contribution is 2.24. The van der Waals surface area contributed by atoms with Crippen LogP contribution < -0.4 is 4.74 Å². The molecule has 0 radical (unpaired) electrons. The van der Waals surface area contributed by atoms with Crippen LogP contribution in [0.25, 0.3) is 22.3 Å². The monoisotopic (exact) mass is 319 g/mol. The highest BCUT2D eigenvalue weighted by Gasteiger charge is 2.09. The van der Waals surface area contributed by atoms with Crippen molar-refractivity contribution in [2.75, 3.05) is 0 Å².